The molecule has 1 aliphatic carbocycles. The first-order chi connectivity index (χ1) is 15.6. The van der Waals surface area contributed by atoms with Gasteiger partial charge in [0, 0.05) is 36.3 Å². The Labute approximate surface area is 187 Å². The van der Waals surface area contributed by atoms with Gasteiger partial charge in [0.05, 0.1) is 26.9 Å². The Kier molecular flexibility index (Phi) is 7.02. The van der Waals surface area contributed by atoms with E-state index in [1.54, 1.807) is 31.4 Å². The van der Waals surface area contributed by atoms with Gasteiger partial charge in [-0.05, 0) is 43.2 Å². The zero-order valence-corrected chi connectivity index (χ0v) is 18.4. The van der Waals surface area contributed by atoms with E-state index in [-0.39, 0.29) is 11.3 Å². The van der Waals surface area contributed by atoms with Gasteiger partial charge in [0.2, 0.25) is 0 Å². The number of morpholine rings is 1. The van der Waals surface area contributed by atoms with Crippen LogP contribution in [0.2, 0.25) is 0 Å². The molecular weight excluding hydrogens is 410 g/mol. The van der Waals surface area contributed by atoms with Crippen LogP contribution in [0.1, 0.15) is 45.7 Å². The number of methoxy groups -OCH3 is 1. The van der Waals surface area contributed by atoms with Crippen molar-refractivity contribution >= 4 is 11.7 Å². The second kappa shape index (κ2) is 10.1. The Morgan fingerprint density at radius 2 is 1.91 bits per heavy atom. The third-order valence-corrected chi connectivity index (χ3v) is 6.19. The van der Waals surface area contributed by atoms with Crippen molar-refractivity contribution in [2.75, 3.05) is 46.5 Å². The summed E-state index contributed by atoms with van der Waals surface area (Å²) in [5.74, 6) is 0.205. The van der Waals surface area contributed by atoms with Crippen LogP contribution in [0.3, 0.4) is 0 Å². The zero-order valence-electron chi connectivity index (χ0n) is 18.4. The minimum absolute atomic E-state index is 0.00791. The van der Waals surface area contributed by atoms with Crippen molar-refractivity contribution in [1.29, 1.82) is 0 Å². The summed E-state index contributed by atoms with van der Waals surface area (Å²) in [4.78, 5) is 40.4. The number of amides is 1. The fourth-order valence-corrected chi connectivity index (χ4v) is 4.40. The maximum atomic E-state index is 13.4. The summed E-state index contributed by atoms with van der Waals surface area (Å²) < 4.78 is 12.1. The molecule has 1 aromatic heterocycles. The molecule has 8 nitrogen and oxygen atoms in total. The molecule has 2 N–H and O–H groups in total. The lowest BCUT2D eigenvalue weighted by atomic mass is 9.92. The predicted molar refractivity (Wildman–Crippen MR) is 119 cm³/mol. The molecule has 170 valence electrons. The number of benzene rings is 1. The Morgan fingerprint density at radius 1 is 1.16 bits per heavy atom. The third-order valence-electron chi connectivity index (χ3n) is 6.19. The molecule has 2 aliphatic rings. The molecular formula is C24H30N3O5+. The summed E-state index contributed by atoms with van der Waals surface area (Å²) in [6.45, 7) is 4.94. The number of carbonyl (C=O) groups excluding carboxylic acids is 2. The fraction of sp³-hybridized carbons (Fsp3) is 0.458. The summed E-state index contributed by atoms with van der Waals surface area (Å²) in [5.41, 5.74) is 1.36. The van der Waals surface area contributed by atoms with Gasteiger partial charge in [-0.1, -0.05) is 0 Å². The van der Waals surface area contributed by atoms with Crippen LogP contribution in [0.25, 0.3) is 5.69 Å². The number of quaternary nitrogens is 1. The number of nitrogens with zero attached hydrogens (tertiary/aromatic N) is 1. The normalized spacial score (nSPS) is 16.5. The van der Waals surface area contributed by atoms with Crippen LogP contribution >= 0.6 is 0 Å². The number of hydrogen-bond donors (Lipinski definition) is 2. The Morgan fingerprint density at radius 3 is 2.62 bits per heavy atom. The molecule has 1 aromatic carbocycles. The Bertz CT molecular complexity index is 1040. The van der Waals surface area contributed by atoms with Gasteiger partial charge in [0.1, 0.15) is 24.4 Å². The van der Waals surface area contributed by atoms with E-state index in [2.05, 4.69) is 5.32 Å². The van der Waals surface area contributed by atoms with E-state index < -0.39 is 11.5 Å². The van der Waals surface area contributed by atoms with E-state index in [9.17, 15) is 14.4 Å². The van der Waals surface area contributed by atoms with Gasteiger partial charge in [-0.3, -0.25) is 19.0 Å². The molecule has 2 aromatic rings. The number of Topliss-reactive ketones (excluding diaryl/α,β-unsaturated/α-hetero) is 1. The molecule has 0 saturated carbocycles. The van der Waals surface area contributed by atoms with Gasteiger partial charge in [-0.15, -0.1) is 0 Å². The van der Waals surface area contributed by atoms with Crippen molar-refractivity contribution in [3.63, 3.8) is 0 Å². The summed E-state index contributed by atoms with van der Waals surface area (Å²) in [5, 5.41) is 2.87. The van der Waals surface area contributed by atoms with Crippen molar-refractivity contribution in [2.24, 2.45) is 0 Å². The second-order valence-electron chi connectivity index (χ2n) is 8.26. The highest BCUT2D eigenvalue weighted by atomic mass is 16.5. The van der Waals surface area contributed by atoms with Crippen LogP contribution in [0, 0.1) is 0 Å². The maximum Gasteiger partial charge on any atom is 0.268 e. The lowest BCUT2D eigenvalue weighted by molar-refractivity contribution is -0.908. The van der Waals surface area contributed by atoms with Crippen LogP contribution in [0.5, 0.6) is 5.75 Å². The van der Waals surface area contributed by atoms with Crippen molar-refractivity contribution in [1.82, 2.24) is 9.88 Å². The largest absolute Gasteiger partial charge is 0.497 e. The highest BCUT2D eigenvalue weighted by molar-refractivity contribution is 6.01. The van der Waals surface area contributed by atoms with Crippen molar-refractivity contribution in [3.05, 3.63) is 57.5 Å². The molecule has 1 amide bonds. The van der Waals surface area contributed by atoms with E-state index in [0.717, 1.165) is 39.3 Å². The molecule has 2 heterocycles. The number of pyridine rings is 1. The number of aromatic nitrogens is 1. The van der Waals surface area contributed by atoms with Crippen LogP contribution in [0.15, 0.2) is 35.1 Å². The minimum atomic E-state index is -0.435. The topological polar surface area (TPSA) is 91.1 Å². The standard InChI is InChI=1S/C24H29N3O5/c1-31-18-8-6-17(7-9-18)27-21-4-2-5-22(28)19(21)16-20(24(27)30)23(29)25-10-3-11-26-12-14-32-15-13-26/h6-9,16H,2-5,10-15H2,1H3,(H,25,29)/p+1. The number of ketones is 1. The first-order valence-electron chi connectivity index (χ1n) is 11.2. The molecule has 0 bridgehead atoms. The molecule has 0 atom stereocenters. The average Bonchev–Trinajstić information content (AvgIpc) is 2.82. The molecule has 0 spiro atoms. The lowest BCUT2D eigenvalue weighted by Crippen LogP contribution is -3.14. The zero-order chi connectivity index (χ0) is 22.5. The Balaban J connectivity index is 1.57. The number of carbonyl (C=O) groups is 2. The third kappa shape index (κ3) is 4.76. The molecule has 4 rings (SSSR count). The fourth-order valence-electron chi connectivity index (χ4n) is 4.40. The summed E-state index contributed by atoms with van der Waals surface area (Å²) in [7, 11) is 1.58. The van der Waals surface area contributed by atoms with Crippen LogP contribution < -0.4 is 20.5 Å². The highest BCUT2D eigenvalue weighted by Gasteiger charge is 2.26. The van der Waals surface area contributed by atoms with Gasteiger partial charge in [-0.2, -0.15) is 0 Å². The van der Waals surface area contributed by atoms with E-state index in [0.29, 0.717) is 48.5 Å². The van der Waals surface area contributed by atoms with Crippen LogP contribution in [0.4, 0.5) is 0 Å². The molecule has 1 aliphatic heterocycles. The highest BCUT2D eigenvalue weighted by Crippen LogP contribution is 2.24. The van der Waals surface area contributed by atoms with Crippen LogP contribution in [-0.4, -0.2) is 62.8 Å². The van der Waals surface area contributed by atoms with E-state index in [1.165, 1.54) is 15.5 Å². The number of fused-ring (bicyclic) bond motifs is 1. The maximum absolute atomic E-state index is 13.4. The first kappa shape index (κ1) is 22.2. The van der Waals surface area contributed by atoms with E-state index in [1.807, 2.05) is 0 Å². The summed E-state index contributed by atoms with van der Waals surface area (Å²) >= 11 is 0. The molecule has 1 saturated heterocycles. The lowest BCUT2D eigenvalue weighted by Gasteiger charge is -2.23. The smallest absolute Gasteiger partial charge is 0.268 e. The number of rotatable bonds is 7. The minimum Gasteiger partial charge on any atom is -0.497 e. The van der Waals surface area contributed by atoms with Gasteiger partial charge < -0.3 is 19.7 Å². The molecule has 0 unspecified atom stereocenters. The van der Waals surface area contributed by atoms with Crippen LogP contribution in [-0.2, 0) is 11.2 Å². The van der Waals surface area contributed by atoms with Crippen molar-refractivity contribution < 1.29 is 24.0 Å². The number of ether oxygens (including phenoxy) is 2. The Hall–Kier alpha value is -2.97. The van der Waals surface area contributed by atoms with Crippen molar-refractivity contribution in [2.45, 2.75) is 25.7 Å². The van der Waals surface area contributed by atoms with Crippen molar-refractivity contribution in [3.8, 4) is 11.4 Å². The molecule has 8 heteroatoms. The van der Waals surface area contributed by atoms with Gasteiger partial charge >= 0.3 is 0 Å². The average molecular weight is 441 g/mol. The molecule has 1 fully saturated rings. The monoisotopic (exact) mass is 440 g/mol. The summed E-state index contributed by atoms with van der Waals surface area (Å²) in [6, 6.07) is 8.56. The summed E-state index contributed by atoms with van der Waals surface area (Å²) in [6.07, 6.45) is 2.55. The first-order valence-corrected chi connectivity index (χ1v) is 11.2. The number of hydrogen-bond acceptors (Lipinski definition) is 5. The van der Waals surface area contributed by atoms with Gasteiger partial charge in [0.25, 0.3) is 11.5 Å². The molecule has 0 radical (unpaired) electrons. The van der Waals surface area contributed by atoms with Gasteiger partial charge in [-0.25, -0.2) is 0 Å². The molecule has 32 heavy (non-hydrogen) atoms. The van der Waals surface area contributed by atoms with E-state index in [4.69, 9.17) is 9.47 Å². The van der Waals surface area contributed by atoms with Gasteiger partial charge in [0.15, 0.2) is 5.78 Å². The SMILES string of the molecule is COc1ccc(-n2c3c(cc(C(=O)NCCC[NH+]4CCOCC4)c2=O)C(=O)CCC3)cc1. The second-order valence-corrected chi connectivity index (χ2v) is 8.26. The predicted octanol–water partition coefficient (Wildman–Crippen LogP) is 0.400. The van der Waals surface area contributed by atoms with E-state index >= 15 is 0 Å². The quantitative estimate of drug-likeness (QED) is 0.609. The number of nitrogens with one attached hydrogen (secondary N) is 2.